The molecule has 7 heteroatoms. The number of aryl methyl sites for hydroxylation is 1. The predicted molar refractivity (Wildman–Crippen MR) is 112 cm³/mol. The largest absolute Gasteiger partial charge is 0.366 e. The fourth-order valence-electron chi connectivity index (χ4n) is 4.08. The highest BCUT2D eigenvalue weighted by atomic mass is 35.5. The van der Waals surface area contributed by atoms with Crippen LogP contribution in [0.1, 0.15) is 12.0 Å². The molecule has 0 radical (unpaired) electrons. The van der Waals surface area contributed by atoms with E-state index in [2.05, 4.69) is 0 Å². The van der Waals surface area contributed by atoms with Gasteiger partial charge in [-0.25, -0.2) is 4.39 Å². The summed E-state index contributed by atoms with van der Waals surface area (Å²) in [5, 5.41) is 0.518. The van der Waals surface area contributed by atoms with Gasteiger partial charge in [-0.2, -0.15) is 0 Å². The van der Waals surface area contributed by atoms with Crippen LogP contribution in [0.5, 0.6) is 0 Å². The normalized spacial score (nSPS) is 19.8. The quantitative estimate of drug-likeness (QED) is 0.721. The summed E-state index contributed by atoms with van der Waals surface area (Å²) in [7, 11) is 0. The number of amides is 2. The molecule has 4 rings (SSSR count). The van der Waals surface area contributed by atoms with Gasteiger partial charge in [0, 0.05) is 32.7 Å². The van der Waals surface area contributed by atoms with Crippen molar-refractivity contribution in [1.29, 1.82) is 0 Å². The Kier molecular flexibility index (Phi) is 5.46. The van der Waals surface area contributed by atoms with Gasteiger partial charge in [0.1, 0.15) is 11.7 Å². The van der Waals surface area contributed by atoms with Crippen molar-refractivity contribution in [3.05, 3.63) is 58.9 Å². The SMILES string of the molecule is Cc1ccc(N2CCC(C(=O)N3CCN(c4ccccc4F)CC3)C2=O)c(Cl)c1. The smallest absolute Gasteiger partial charge is 0.239 e. The molecule has 2 aliphatic heterocycles. The second-order valence-electron chi connectivity index (χ2n) is 7.55. The number of halogens is 2. The fraction of sp³-hybridized carbons (Fsp3) is 0.364. The molecule has 0 spiro atoms. The van der Waals surface area contributed by atoms with Crippen LogP contribution in [-0.2, 0) is 9.59 Å². The molecule has 0 saturated carbocycles. The van der Waals surface area contributed by atoms with Gasteiger partial charge in [-0.1, -0.05) is 29.8 Å². The van der Waals surface area contributed by atoms with Gasteiger partial charge >= 0.3 is 0 Å². The molecule has 0 aliphatic carbocycles. The molecular weight excluding hydrogens is 393 g/mol. The summed E-state index contributed by atoms with van der Waals surface area (Å²) in [6.07, 6.45) is 0.482. The van der Waals surface area contributed by atoms with Gasteiger partial charge in [0.15, 0.2) is 0 Å². The summed E-state index contributed by atoms with van der Waals surface area (Å²) in [5.41, 5.74) is 2.23. The van der Waals surface area contributed by atoms with E-state index in [9.17, 15) is 14.0 Å². The van der Waals surface area contributed by atoms with Crippen LogP contribution < -0.4 is 9.80 Å². The Balaban J connectivity index is 1.41. The van der Waals surface area contributed by atoms with E-state index in [0.29, 0.717) is 55.5 Å². The number of piperazine rings is 1. The molecule has 0 aromatic heterocycles. The van der Waals surface area contributed by atoms with E-state index in [-0.39, 0.29) is 17.6 Å². The van der Waals surface area contributed by atoms with Crippen LogP contribution >= 0.6 is 11.6 Å². The molecule has 0 N–H and O–H groups in total. The van der Waals surface area contributed by atoms with Crippen molar-refractivity contribution in [2.75, 3.05) is 42.5 Å². The minimum absolute atomic E-state index is 0.145. The zero-order valence-electron chi connectivity index (χ0n) is 16.3. The van der Waals surface area contributed by atoms with Gasteiger partial charge < -0.3 is 14.7 Å². The lowest BCUT2D eigenvalue weighted by molar-refractivity contribution is -0.140. The van der Waals surface area contributed by atoms with E-state index in [1.54, 1.807) is 28.0 Å². The second-order valence-corrected chi connectivity index (χ2v) is 7.96. The van der Waals surface area contributed by atoms with Crippen molar-refractivity contribution in [2.24, 2.45) is 5.92 Å². The van der Waals surface area contributed by atoms with Crippen molar-refractivity contribution in [2.45, 2.75) is 13.3 Å². The third-order valence-electron chi connectivity index (χ3n) is 5.68. The monoisotopic (exact) mass is 415 g/mol. The van der Waals surface area contributed by atoms with Gasteiger partial charge in [-0.05, 0) is 43.2 Å². The topological polar surface area (TPSA) is 43.9 Å². The average molecular weight is 416 g/mol. The number of carbonyl (C=O) groups excluding carboxylic acids is 2. The van der Waals surface area contributed by atoms with Crippen molar-refractivity contribution in [1.82, 2.24) is 4.90 Å². The standard InChI is InChI=1S/C22H23ClFN3O2/c1-15-6-7-19(17(23)14-15)27-9-8-16(22(27)29)21(28)26-12-10-25(11-13-26)20-5-3-2-4-18(20)24/h2-7,14,16H,8-13H2,1H3. The van der Waals surface area contributed by atoms with Crippen LogP contribution in [-0.4, -0.2) is 49.4 Å². The molecule has 5 nitrogen and oxygen atoms in total. The first-order valence-corrected chi connectivity index (χ1v) is 10.2. The Morgan fingerprint density at radius 3 is 2.45 bits per heavy atom. The maximum absolute atomic E-state index is 14.0. The number of rotatable bonds is 3. The van der Waals surface area contributed by atoms with Crippen LogP contribution in [0.15, 0.2) is 42.5 Å². The zero-order chi connectivity index (χ0) is 20.5. The first-order valence-electron chi connectivity index (χ1n) is 9.81. The maximum Gasteiger partial charge on any atom is 0.239 e. The highest BCUT2D eigenvalue weighted by molar-refractivity contribution is 6.34. The molecule has 2 aliphatic rings. The lowest BCUT2D eigenvalue weighted by Crippen LogP contribution is -2.51. The van der Waals surface area contributed by atoms with Crippen LogP contribution in [0.4, 0.5) is 15.8 Å². The van der Waals surface area contributed by atoms with Crippen molar-refractivity contribution >= 4 is 34.8 Å². The van der Waals surface area contributed by atoms with E-state index in [4.69, 9.17) is 11.6 Å². The molecule has 2 aromatic carbocycles. The van der Waals surface area contributed by atoms with Crippen molar-refractivity contribution in [3.63, 3.8) is 0 Å². The van der Waals surface area contributed by atoms with E-state index in [1.807, 2.05) is 30.0 Å². The molecule has 1 unspecified atom stereocenters. The Labute approximate surface area is 174 Å². The Hall–Kier alpha value is -2.60. The average Bonchev–Trinajstić information content (AvgIpc) is 3.09. The van der Waals surface area contributed by atoms with Gasteiger partial charge in [0.2, 0.25) is 11.8 Å². The Bertz CT molecular complexity index is 943. The molecule has 29 heavy (non-hydrogen) atoms. The van der Waals surface area contributed by atoms with Crippen molar-refractivity contribution in [3.8, 4) is 0 Å². The third kappa shape index (κ3) is 3.81. The van der Waals surface area contributed by atoms with Gasteiger partial charge in [-0.3, -0.25) is 9.59 Å². The molecule has 2 fully saturated rings. The summed E-state index contributed by atoms with van der Waals surface area (Å²) < 4.78 is 14.0. The maximum atomic E-state index is 14.0. The fourth-order valence-corrected chi connectivity index (χ4v) is 4.41. The minimum atomic E-state index is -0.674. The van der Waals surface area contributed by atoms with Crippen LogP contribution in [0, 0.1) is 18.7 Å². The molecular formula is C22H23ClFN3O2. The van der Waals surface area contributed by atoms with Gasteiger partial charge in [-0.15, -0.1) is 0 Å². The number of nitrogens with zero attached hydrogens (tertiary/aromatic N) is 3. The minimum Gasteiger partial charge on any atom is -0.366 e. The van der Waals surface area contributed by atoms with Gasteiger partial charge in [0.25, 0.3) is 0 Å². The summed E-state index contributed by atoms with van der Waals surface area (Å²) in [6, 6.07) is 12.2. The van der Waals surface area contributed by atoms with E-state index < -0.39 is 5.92 Å². The highest BCUT2D eigenvalue weighted by Crippen LogP contribution is 2.33. The van der Waals surface area contributed by atoms with Crippen LogP contribution in [0.25, 0.3) is 0 Å². The molecule has 1 atom stereocenters. The number of hydrogen-bond acceptors (Lipinski definition) is 3. The molecule has 152 valence electrons. The van der Waals surface area contributed by atoms with Gasteiger partial charge in [0.05, 0.1) is 16.4 Å². The molecule has 2 saturated heterocycles. The van der Waals surface area contributed by atoms with Crippen molar-refractivity contribution < 1.29 is 14.0 Å². The van der Waals surface area contributed by atoms with Crippen LogP contribution in [0.3, 0.4) is 0 Å². The first kappa shape index (κ1) is 19.7. The van der Waals surface area contributed by atoms with E-state index >= 15 is 0 Å². The van der Waals surface area contributed by atoms with E-state index in [1.165, 1.54) is 6.07 Å². The summed E-state index contributed by atoms with van der Waals surface area (Å²) in [4.78, 5) is 31.2. The summed E-state index contributed by atoms with van der Waals surface area (Å²) >= 11 is 6.31. The molecule has 2 aromatic rings. The number of carbonyl (C=O) groups is 2. The highest BCUT2D eigenvalue weighted by Gasteiger charge is 2.40. The summed E-state index contributed by atoms with van der Waals surface area (Å²) in [6.45, 7) is 4.45. The number of anilines is 2. The Morgan fingerprint density at radius 2 is 1.76 bits per heavy atom. The Morgan fingerprint density at radius 1 is 1.03 bits per heavy atom. The lowest BCUT2D eigenvalue weighted by atomic mass is 10.1. The molecule has 2 amide bonds. The van der Waals surface area contributed by atoms with E-state index in [0.717, 1.165) is 5.56 Å². The predicted octanol–water partition coefficient (Wildman–Crippen LogP) is 3.49. The van der Waals surface area contributed by atoms with Crippen LogP contribution in [0.2, 0.25) is 5.02 Å². The first-order chi connectivity index (χ1) is 14.0. The lowest BCUT2D eigenvalue weighted by Gasteiger charge is -2.37. The summed E-state index contributed by atoms with van der Waals surface area (Å²) in [5.74, 6) is -1.28. The number of hydrogen-bond donors (Lipinski definition) is 0. The third-order valence-corrected chi connectivity index (χ3v) is 5.98. The second kappa shape index (κ2) is 8.03. The molecule has 0 bridgehead atoms. The zero-order valence-corrected chi connectivity index (χ0v) is 17.0. The number of para-hydroxylation sites is 1. The molecule has 2 heterocycles. The number of benzene rings is 2.